The molecule has 5 heteroatoms. The number of fused-ring (bicyclic) bond motifs is 1. The second-order valence-corrected chi connectivity index (χ2v) is 8.27. The maximum atomic E-state index is 13.2. The Morgan fingerprint density at radius 3 is 2.50 bits per heavy atom. The Labute approximate surface area is 180 Å². The summed E-state index contributed by atoms with van der Waals surface area (Å²) in [5.41, 5.74) is 4.71. The van der Waals surface area contributed by atoms with Gasteiger partial charge in [-0.05, 0) is 77.9 Å². The maximum Gasteiger partial charge on any atom is 0.235 e. The molecule has 152 valence electrons. The van der Waals surface area contributed by atoms with Crippen LogP contribution in [0.4, 0.5) is 5.69 Å². The molecule has 3 aromatic rings. The third kappa shape index (κ3) is 3.31. The van der Waals surface area contributed by atoms with Crippen LogP contribution in [0.25, 0.3) is 11.1 Å². The van der Waals surface area contributed by atoms with E-state index in [4.69, 9.17) is 21.1 Å². The van der Waals surface area contributed by atoms with Gasteiger partial charge in [0, 0.05) is 10.7 Å². The Kier molecular flexibility index (Phi) is 4.67. The highest BCUT2D eigenvalue weighted by Crippen LogP contribution is 2.51. The van der Waals surface area contributed by atoms with Crippen molar-refractivity contribution in [1.29, 1.82) is 0 Å². The first-order chi connectivity index (χ1) is 14.6. The zero-order valence-electron chi connectivity index (χ0n) is 16.7. The van der Waals surface area contributed by atoms with Gasteiger partial charge in [-0.2, -0.15) is 0 Å². The number of nitrogens with one attached hydrogen (secondary N) is 1. The molecule has 0 spiro atoms. The van der Waals surface area contributed by atoms with E-state index in [0.717, 1.165) is 47.4 Å². The van der Waals surface area contributed by atoms with Crippen LogP contribution < -0.4 is 14.8 Å². The number of hydrogen-bond acceptors (Lipinski definition) is 3. The monoisotopic (exact) mass is 419 g/mol. The number of carbonyl (C=O) groups excluding carboxylic acids is 1. The first-order valence-electron chi connectivity index (χ1n) is 10.2. The minimum absolute atomic E-state index is 0.0210. The van der Waals surface area contributed by atoms with Gasteiger partial charge in [-0.1, -0.05) is 42.8 Å². The quantitative estimate of drug-likeness (QED) is 0.554. The lowest BCUT2D eigenvalue weighted by molar-refractivity contribution is -0.118. The summed E-state index contributed by atoms with van der Waals surface area (Å²) in [4.78, 5) is 13.2. The lowest BCUT2D eigenvalue weighted by Gasteiger charge is -2.18. The van der Waals surface area contributed by atoms with Crippen molar-refractivity contribution in [3.05, 3.63) is 76.8 Å². The summed E-state index contributed by atoms with van der Waals surface area (Å²) < 4.78 is 10.9. The van der Waals surface area contributed by atoms with E-state index in [1.165, 1.54) is 5.56 Å². The average molecular weight is 420 g/mol. The third-order valence-electron chi connectivity index (χ3n) is 6.01. The SMILES string of the molecule is CCc1ccc(NC(=O)C2(c3ccc4c(c3)OCO4)CC2)cc1-c1ccc(Cl)cc1. The van der Waals surface area contributed by atoms with Crippen LogP contribution in [-0.4, -0.2) is 12.7 Å². The fourth-order valence-corrected chi connectivity index (χ4v) is 4.20. The van der Waals surface area contributed by atoms with E-state index >= 15 is 0 Å². The zero-order valence-corrected chi connectivity index (χ0v) is 17.5. The molecule has 5 rings (SSSR count). The normalized spacial score (nSPS) is 15.7. The van der Waals surface area contributed by atoms with E-state index < -0.39 is 5.41 Å². The molecular weight excluding hydrogens is 398 g/mol. The predicted octanol–water partition coefficient (Wildman–Crippen LogP) is 5.97. The van der Waals surface area contributed by atoms with Crippen LogP contribution in [0, 0.1) is 0 Å². The number of carbonyl (C=O) groups is 1. The summed E-state index contributed by atoms with van der Waals surface area (Å²) in [6.45, 7) is 2.36. The first-order valence-corrected chi connectivity index (χ1v) is 10.6. The molecule has 0 radical (unpaired) electrons. The number of rotatable bonds is 5. The molecule has 1 aliphatic heterocycles. The summed E-state index contributed by atoms with van der Waals surface area (Å²) in [6.07, 6.45) is 2.57. The van der Waals surface area contributed by atoms with Crippen molar-refractivity contribution in [2.45, 2.75) is 31.6 Å². The molecule has 0 unspecified atom stereocenters. The molecule has 1 fully saturated rings. The van der Waals surface area contributed by atoms with Crippen LogP contribution in [0.2, 0.25) is 5.02 Å². The number of hydrogen-bond donors (Lipinski definition) is 1. The van der Waals surface area contributed by atoms with Gasteiger partial charge < -0.3 is 14.8 Å². The fraction of sp³-hybridized carbons (Fsp3) is 0.240. The molecule has 1 N–H and O–H groups in total. The second kappa shape index (κ2) is 7.37. The number of amides is 1. The van der Waals surface area contributed by atoms with Crippen LogP contribution >= 0.6 is 11.6 Å². The molecule has 0 bridgehead atoms. The van der Waals surface area contributed by atoms with Crippen molar-refractivity contribution >= 4 is 23.2 Å². The zero-order chi connectivity index (χ0) is 20.7. The molecule has 0 saturated heterocycles. The third-order valence-corrected chi connectivity index (χ3v) is 6.27. The van der Waals surface area contributed by atoms with E-state index in [-0.39, 0.29) is 12.7 Å². The highest BCUT2D eigenvalue weighted by molar-refractivity contribution is 6.30. The average Bonchev–Trinajstić information content (AvgIpc) is 3.45. The van der Waals surface area contributed by atoms with Crippen LogP contribution in [0.3, 0.4) is 0 Å². The summed E-state index contributed by atoms with van der Waals surface area (Å²) >= 11 is 6.05. The highest BCUT2D eigenvalue weighted by Gasteiger charge is 2.51. The minimum atomic E-state index is -0.495. The van der Waals surface area contributed by atoms with Crippen molar-refractivity contribution in [2.24, 2.45) is 0 Å². The maximum absolute atomic E-state index is 13.2. The van der Waals surface area contributed by atoms with Gasteiger partial charge in [0.25, 0.3) is 0 Å². The lowest BCUT2D eigenvalue weighted by Crippen LogP contribution is -2.27. The van der Waals surface area contributed by atoms with Gasteiger partial charge in [-0.15, -0.1) is 0 Å². The van der Waals surface area contributed by atoms with Gasteiger partial charge in [0.1, 0.15) is 0 Å². The molecule has 0 atom stereocenters. The van der Waals surface area contributed by atoms with Crippen molar-refractivity contribution in [1.82, 2.24) is 0 Å². The van der Waals surface area contributed by atoms with Crippen molar-refractivity contribution in [3.8, 4) is 22.6 Å². The number of aryl methyl sites for hydroxylation is 1. The minimum Gasteiger partial charge on any atom is -0.454 e. The Morgan fingerprint density at radius 1 is 1.00 bits per heavy atom. The van der Waals surface area contributed by atoms with Gasteiger partial charge in [-0.25, -0.2) is 0 Å². The fourth-order valence-electron chi connectivity index (χ4n) is 4.08. The Hall–Kier alpha value is -2.98. The van der Waals surface area contributed by atoms with Gasteiger partial charge in [0.2, 0.25) is 12.7 Å². The lowest BCUT2D eigenvalue weighted by atomic mass is 9.93. The largest absolute Gasteiger partial charge is 0.454 e. The molecule has 2 aliphatic rings. The Morgan fingerprint density at radius 2 is 1.77 bits per heavy atom. The van der Waals surface area contributed by atoms with E-state index in [1.54, 1.807) is 0 Å². The van der Waals surface area contributed by atoms with Gasteiger partial charge >= 0.3 is 0 Å². The summed E-state index contributed by atoms with van der Waals surface area (Å²) in [7, 11) is 0. The molecule has 1 amide bonds. The Bertz CT molecular complexity index is 1120. The van der Waals surface area contributed by atoms with Crippen LogP contribution in [-0.2, 0) is 16.6 Å². The van der Waals surface area contributed by atoms with Crippen molar-refractivity contribution in [3.63, 3.8) is 0 Å². The standard InChI is InChI=1S/C25H22ClNO3/c1-2-16-5-9-20(14-21(16)17-3-7-19(26)8-4-17)27-24(28)25(11-12-25)18-6-10-22-23(13-18)30-15-29-22/h3-10,13-14H,2,11-12,15H2,1H3,(H,27,28). The van der Waals surface area contributed by atoms with E-state index in [9.17, 15) is 4.79 Å². The molecular formula is C25H22ClNO3. The van der Waals surface area contributed by atoms with Gasteiger partial charge in [0.05, 0.1) is 5.41 Å². The Balaban J connectivity index is 1.42. The summed E-state index contributed by atoms with van der Waals surface area (Å²) in [6, 6.07) is 19.7. The molecule has 0 aromatic heterocycles. The predicted molar refractivity (Wildman–Crippen MR) is 118 cm³/mol. The number of anilines is 1. The summed E-state index contributed by atoms with van der Waals surface area (Å²) in [5.74, 6) is 1.47. The van der Waals surface area contributed by atoms with Gasteiger partial charge in [-0.3, -0.25) is 4.79 Å². The molecule has 1 heterocycles. The van der Waals surface area contributed by atoms with E-state index in [2.05, 4.69) is 24.4 Å². The highest BCUT2D eigenvalue weighted by atomic mass is 35.5. The number of halogens is 1. The van der Waals surface area contributed by atoms with Crippen LogP contribution in [0.5, 0.6) is 11.5 Å². The molecule has 4 nitrogen and oxygen atoms in total. The molecule has 1 saturated carbocycles. The molecule has 30 heavy (non-hydrogen) atoms. The second-order valence-electron chi connectivity index (χ2n) is 7.84. The van der Waals surface area contributed by atoms with Gasteiger partial charge in [0.15, 0.2) is 11.5 Å². The van der Waals surface area contributed by atoms with E-state index in [0.29, 0.717) is 10.8 Å². The van der Waals surface area contributed by atoms with Crippen molar-refractivity contribution in [2.75, 3.05) is 12.1 Å². The van der Waals surface area contributed by atoms with E-state index in [1.807, 2.05) is 48.5 Å². The number of ether oxygens (including phenoxy) is 2. The molecule has 1 aliphatic carbocycles. The smallest absolute Gasteiger partial charge is 0.235 e. The number of benzene rings is 3. The van der Waals surface area contributed by atoms with Crippen LogP contribution in [0.15, 0.2) is 60.7 Å². The topological polar surface area (TPSA) is 47.6 Å². The molecule has 3 aromatic carbocycles. The van der Waals surface area contributed by atoms with Crippen molar-refractivity contribution < 1.29 is 14.3 Å². The summed E-state index contributed by atoms with van der Waals surface area (Å²) in [5, 5.41) is 3.86. The first kappa shape index (κ1) is 19.0. The van der Waals surface area contributed by atoms with Crippen LogP contribution in [0.1, 0.15) is 30.9 Å².